The number of hydrogen-bond donors (Lipinski definition) is 2. The maximum atomic E-state index is 12.9. The minimum absolute atomic E-state index is 0.00655. The lowest BCUT2D eigenvalue weighted by Crippen LogP contribution is -2.05. The molecule has 2 aromatic carbocycles. The van der Waals surface area contributed by atoms with Crippen LogP contribution in [0.4, 0.5) is 24.7 Å². The second kappa shape index (κ2) is 7.42. The first-order valence-corrected chi connectivity index (χ1v) is 8.44. The summed E-state index contributed by atoms with van der Waals surface area (Å²) in [5.74, 6) is -0.0541. The maximum Gasteiger partial charge on any atom is 0.416 e. The molecule has 0 amide bonds. The highest BCUT2D eigenvalue weighted by Crippen LogP contribution is 2.36. The van der Waals surface area contributed by atoms with Gasteiger partial charge in [-0.15, -0.1) is 0 Å². The van der Waals surface area contributed by atoms with Crippen LogP contribution < -0.4 is 5.32 Å². The van der Waals surface area contributed by atoms with Gasteiger partial charge in [0.05, 0.1) is 15.6 Å². The molecule has 0 aliphatic heterocycles. The highest BCUT2D eigenvalue weighted by molar-refractivity contribution is 6.37. The molecule has 0 aliphatic carbocycles. The summed E-state index contributed by atoms with van der Waals surface area (Å²) in [6.07, 6.45) is -4.49. The van der Waals surface area contributed by atoms with Crippen LogP contribution in [-0.2, 0) is 6.18 Å². The molecule has 10 heteroatoms. The Hall–Kier alpha value is -2.22. The van der Waals surface area contributed by atoms with E-state index in [1.54, 1.807) is 0 Å². The highest BCUT2D eigenvalue weighted by Gasteiger charge is 2.30. The number of aromatic hydroxyl groups is 1. The van der Waals surface area contributed by atoms with Crippen molar-refractivity contribution in [3.8, 4) is 17.1 Å². The van der Waals surface area contributed by atoms with E-state index in [1.165, 1.54) is 30.3 Å². The maximum absolute atomic E-state index is 12.9. The molecule has 0 atom stereocenters. The van der Waals surface area contributed by atoms with Gasteiger partial charge in [-0.2, -0.15) is 13.2 Å². The fourth-order valence-corrected chi connectivity index (χ4v) is 2.90. The molecule has 0 saturated heterocycles. The average molecular weight is 435 g/mol. The number of rotatable bonds is 3. The monoisotopic (exact) mass is 433 g/mol. The summed E-state index contributed by atoms with van der Waals surface area (Å²) in [6, 6.07) is 8.78. The van der Waals surface area contributed by atoms with E-state index in [2.05, 4.69) is 15.3 Å². The molecule has 0 saturated carbocycles. The van der Waals surface area contributed by atoms with Crippen molar-refractivity contribution in [2.45, 2.75) is 6.18 Å². The minimum atomic E-state index is -4.49. The molecule has 140 valence electrons. The number of halogens is 6. The van der Waals surface area contributed by atoms with Crippen molar-refractivity contribution >= 4 is 46.3 Å². The van der Waals surface area contributed by atoms with Gasteiger partial charge in [-0.25, -0.2) is 9.97 Å². The molecule has 4 nitrogen and oxygen atoms in total. The zero-order chi connectivity index (χ0) is 19.8. The van der Waals surface area contributed by atoms with Crippen molar-refractivity contribution in [2.75, 3.05) is 5.32 Å². The number of nitrogens with one attached hydrogen (secondary N) is 1. The van der Waals surface area contributed by atoms with E-state index in [0.717, 1.165) is 12.1 Å². The number of aromatic nitrogens is 2. The van der Waals surface area contributed by atoms with Gasteiger partial charge in [0, 0.05) is 17.3 Å². The quantitative estimate of drug-likeness (QED) is 0.361. The Bertz CT molecular complexity index is 989. The SMILES string of the molecule is Oc1c(Cl)cc(Nc2cc(Cl)nc(-c3cccc(C(F)(F)F)c3)n2)cc1Cl. The zero-order valence-corrected chi connectivity index (χ0v) is 15.4. The molecule has 0 radical (unpaired) electrons. The van der Waals surface area contributed by atoms with Gasteiger partial charge in [-0.05, 0) is 24.3 Å². The van der Waals surface area contributed by atoms with Crippen molar-refractivity contribution in [2.24, 2.45) is 0 Å². The molecule has 27 heavy (non-hydrogen) atoms. The lowest BCUT2D eigenvalue weighted by Gasteiger charge is -2.11. The molecule has 3 aromatic rings. The minimum Gasteiger partial charge on any atom is -0.505 e. The van der Waals surface area contributed by atoms with Crippen LogP contribution in [0.25, 0.3) is 11.4 Å². The fourth-order valence-electron chi connectivity index (χ4n) is 2.23. The molecule has 3 rings (SSSR count). The molecule has 1 heterocycles. The van der Waals surface area contributed by atoms with Crippen molar-refractivity contribution in [1.82, 2.24) is 9.97 Å². The van der Waals surface area contributed by atoms with E-state index >= 15 is 0 Å². The first kappa shape index (κ1) is 19.5. The summed E-state index contributed by atoms with van der Waals surface area (Å²) in [6.45, 7) is 0. The van der Waals surface area contributed by atoms with E-state index in [-0.39, 0.29) is 38.2 Å². The summed E-state index contributed by atoms with van der Waals surface area (Å²) in [5, 5.41) is 12.5. The smallest absolute Gasteiger partial charge is 0.416 e. The molecular formula is C17H9Cl3F3N3O. The zero-order valence-electron chi connectivity index (χ0n) is 13.2. The van der Waals surface area contributed by atoms with E-state index < -0.39 is 11.7 Å². The number of alkyl halides is 3. The normalized spacial score (nSPS) is 11.5. The first-order valence-electron chi connectivity index (χ1n) is 7.31. The molecular weight excluding hydrogens is 426 g/mol. The van der Waals surface area contributed by atoms with Crippen LogP contribution in [0, 0.1) is 0 Å². The summed E-state index contributed by atoms with van der Waals surface area (Å²) in [4.78, 5) is 8.15. The average Bonchev–Trinajstić information content (AvgIpc) is 2.58. The Balaban J connectivity index is 1.98. The molecule has 1 aromatic heterocycles. The van der Waals surface area contributed by atoms with Crippen molar-refractivity contribution in [1.29, 1.82) is 0 Å². The number of anilines is 2. The van der Waals surface area contributed by atoms with Gasteiger partial charge in [-0.3, -0.25) is 0 Å². The summed E-state index contributed by atoms with van der Waals surface area (Å²) >= 11 is 17.7. The van der Waals surface area contributed by atoms with Gasteiger partial charge in [0.15, 0.2) is 11.6 Å². The second-order valence-corrected chi connectivity index (χ2v) is 6.59. The lowest BCUT2D eigenvalue weighted by atomic mass is 10.1. The van der Waals surface area contributed by atoms with Crippen molar-refractivity contribution in [3.05, 3.63) is 63.2 Å². The number of phenols is 1. The van der Waals surface area contributed by atoms with Gasteiger partial charge in [0.1, 0.15) is 11.0 Å². The Morgan fingerprint density at radius 2 is 1.59 bits per heavy atom. The first-order chi connectivity index (χ1) is 12.6. The summed E-state index contributed by atoms with van der Waals surface area (Å²) in [7, 11) is 0. The van der Waals surface area contributed by atoms with Crippen LogP contribution in [0.3, 0.4) is 0 Å². The van der Waals surface area contributed by atoms with Crippen LogP contribution in [0.2, 0.25) is 15.2 Å². The van der Waals surface area contributed by atoms with E-state index in [0.29, 0.717) is 5.69 Å². The second-order valence-electron chi connectivity index (χ2n) is 5.39. The molecule has 2 N–H and O–H groups in total. The summed E-state index contributed by atoms with van der Waals surface area (Å²) in [5.41, 5.74) is -0.278. The largest absolute Gasteiger partial charge is 0.505 e. The van der Waals surface area contributed by atoms with Crippen molar-refractivity contribution < 1.29 is 18.3 Å². The van der Waals surface area contributed by atoms with Gasteiger partial charge < -0.3 is 10.4 Å². The molecule has 0 bridgehead atoms. The Labute approximate surface area is 166 Å². The molecule has 0 fully saturated rings. The van der Waals surface area contributed by atoms with Gasteiger partial charge in [-0.1, -0.05) is 46.9 Å². The van der Waals surface area contributed by atoms with Crippen LogP contribution in [0.1, 0.15) is 5.56 Å². The third-order valence-electron chi connectivity index (χ3n) is 3.43. The Morgan fingerprint density at radius 3 is 2.22 bits per heavy atom. The number of hydrogen-bond acceptors (Lipinski definition) is 4. The molecule has 0 aliphatic rings. The lowest BCUT2D eigenvalue weighted by molar-refractivity contribution is -0.137. The Morgan fingerprint density at radius 1 is 0.926 bits per heavy atom. The van der Waals surface area contributed by atoms with Crippen LogP contribution in [0.5, 0.6) is 5.75 Å². The standard InChI is InChI=1S/C17H9Cl3F3N3O/c18-11-5-10(6-12(19)15(11)27)24-14-7-13(20)25-16(26-14)8-2-1-3-9(4-8)17(21,22)23/h1-7,27H,(H,24,25,26). The van der Waals surface area contributed by atoms with Crippen LogP contribution in [-0.4, -0.2) is 15.1 Å². The Kier molecular flexibility index (Phi) is 5.37. The van der Waals surface area contributed by atoms with E-state index in [9.17, 15) is 18.3 Å². The number of nitrogens with zero attached hydrogens (tertiary/aromatic N) is 2. The summed E-state index contributed by atoms with van der Waals surface area (Å²) < 4.78 is 38.7. The third kappa shape index (κ3) is 4.55. The predicted molar refractivity (Wildman–Crippen MR) is 98.9 cm³/mol. The van der Waals surface area contributed by atoms with Gasteiger partial charge in [0.25, 0.3) is 0 Å². The topological polar surface area (TPSA) is 58.0 Å². The third-order valence-corrected chi connectivity index (χ3v) is 4.20. The molecule has 0 spiro atoms. The van der Waals surface area contributed by atoms with Gasteiger partial charge in [0.2, 0.25) is 0 Å². The highest BCUT2D eigenvalue weighted by atomic mass is 35.5. The van der Waals surface area contributed by atoms with E-state index in [4.69, 9.17) is 34.8 Å². The fraction of sp³-hybridized carbons (Fsp3) is 0.0588. The van der Waals surface area contributed by atoms with Crippen LogP contribution in [0.15, 0.2) is 42.5 Å². The molecule has 0 unspecified atom stereocenters. The van der Waals surface area contributed by atoms with E-state index in [1.807, 2.05) is 0 Å². The number of benzene rings is 2. The van der Waals surface area contributed by atoms with Crippen LogP contribution >= 0.6 is 34.8 Å². The predicted octanol–water partition coefficient (Wildman–Crippen LogP) is 6.57. The number of phenolic OH excluding ortho intramolecular Hbond substituents is 1. The van der Waals surface area contributed by atoms with Gasteiger partial charge >= 0.3 is 6.18 Å². The van der Waals surface area contributed by atoms with Crippen molar-refractivity contribution in [3.63, 3.8) is 0 Å².